The lowest BCUT2D eigenvalue weighted by molar-refractivity contribution is -0.137. The molecule has 19 heavy (non-hydrogen) atoms. The summed E-state index contributed by atoms with van der Waals surface area (Å²) in [6.07, 6.45) is 0. The number of aromatic nitrogens is 2. The van der Waals surface area contributed by atoms with Crippen molar-refractivity contribution in [1.82, 2.24) is 9.55 Å². The van der Waals surface area contributed by atoms with E-state index in [1.54, 1.807) is 18.2 Å². The Kier molecular flexibility index (Phi) is 2.49. The molecule has 0 saturated carbocycles. The minimum atomic E-state index is -1.14. The summed E-state index contributed by atoms with van der Waals surface area (Å²) in [5.74, 6) is -1.14. The van der Waals surface area contributed by atoms with Gasteiger partial charge in [0.25, 0.3) is 5.56 Å². The van der Waals surface area contributed by atoms with Crippen LogP contribution in [0.15, 0.2) is 33.5 Å². The van der Waals surface area contributed by atoms with Crippen LogP contribution in [0.2, 0.25) is 0 Å². The fourth-order valence-electron chi connectivity index (χ4n) is 1.99. The first kappa shape index (κ1) is 11.7. The van der Waals surface area contributed by atoms with E-state index in [1.807, 2.05) is 6.07 Å². The summed E-state index contributed by atoms with van der Waals surface area (Å²) in [6, 6.07) is 7.13. The average Bonchev–Trinajstić information content (AvgIpc) is 2.73. The zero-order chi connectivity index (χ0) is 13.6. The highest BCUT2D eigenvalue weighted by Gasteiger charge is 2.14. The summed E-state index contributed by atoms with van der Waals surface area (Å²) < 4.78 is 6.48. The van der Waals surface area contributed by atoms with Crippen molar-refractivity contribution in [3.63, 3.8) is 0 Å². The van der Waals surface area contributed by atoms with Crippen LogP contribution in [0.3, 0.4) is 0 Å². The number of carbonyl (C=O) groups is 1. The van der Waals surface area contributed by atoms with Gasteiger partial charge in [0.05, 0.1) is 0 Å². The maximum atomic E-state index is 12.2. The number of fused-ring (bicyclic) bond motifs is 3. The molecule has 0 unspecified atom stereocenters. The number of aromatic amines is 1. The highest BCUT2D eigenvalue weighted by Crippen LogP contribution is 2.24. The van der Waals surface area contributed by atoms with E-state index < -0.39 is 18.1 Å². The molecule has 2 heterocycles. The second-order valence-corrected chi connectivity index (χ2v) is 4.40. The van der Waals surface area contributed by atoms with Crippen molar-refractivity contribution in [3.05, 3.63) is 39.4 Å². The van der Waals surface area contributed by atoms with E-state index in [-0.39, 0.29) is 10.4 Å². The van der Waals surface area contributed by atoms with E-state index in [1.165, 1.54) is 0 Å². The van der Waals surface area contributed by atoms with Crippen molar-refractivity contribution in [3.8, 4) is 0 Å². The maximum Gasteiger partial charge on any atom is 0.323 e. The first-order valence-corrected chi connectivity index (χ1v) is 5.85. The molecule has 0 aliphatic heterocycles. The van der Waals surface area contributed by atoms with Crippen LogP contribution >= 0.6 is 12.2 Å². The maximum absolute atomic E-state index is 12.2. The summed E-state index contributed by atoms with van der Waals surface area (Å²) in [6.45, 7) is -0.499. The van der Waals surface area contributed by atoms with E-state index in [4.69, 9.17) is 21.7 Å². The van der Waals surface area contributed by atoms with Crippen LogP contribution in [0, 0.1) is 4.77 Å². The Balaban J connectivity index is 2.46. The Morgan fingerprint density at radius 3 is 2.89 bits per heavy atom. The monoisotopic (exact) mass is 276 g/mol. The number of H-pyrrole nitrogens is 1. The molecule has 0 aliphatic rings. The zero-order valence-corrected chi connectivity index (χ0v) is 10.4. The first-order chi connectivity index (χ1) is 9.08. The predicted octanol–water partition coefficient (Wildman–Crippen LogP) is 1.89. The summed E-state index contributed by atoms with van der Waals surface area (Å²) in [5.41, 5.74) is 0.578. The zero-order valence-electron chi connectivity index (χ0n) is 9.54. The lowest BCUT2D eigenvalue weighted by atomic mass is 10.2. The molecule has 0 saturated heterocycles. The van der Waals surface area contributed by atoms with Gasteiger partial charge in [-0.3, -0.25) is 14.2 Å². The van der Waals surface area contributed by atoms with Gasteiger partial charge in [-0.25, -0.2) is 0 Å². The van der Waals surface area contributed by atoms with Gasteiger partial charge in [-0.05, 0) is 24.4 Å². The van der Waals surface area contributed by atoms with Crippen molar-refractivity contribution in [2.45, 2.75) is 6.54 Å². The molecule has 0 atom stereocenters. The quantitative estimate of drug-likeness (QED) is 0.698. The van der Waals surface area contributed by atoms with Crippen LogP contribution in [-0.2, 0) is 11.3 Å². The third kappa shape index (κ3) is 1.75. The number of hydrogen-bond acceptors (Lipinski definition) is 4. The van der Waals surface area contributed by atoms with E-state index in [0.29, 0.717) is 11.1 Å². The predicted molar refractivity (Wildman–Crippen MR) is 70.8 cm³/mol. The first-order valence-electron chi connectivity index (χ1n) is 5.44. The molecule has 0 aliphatic carbocycles. The highest BCUT2D eigenvalue weighted by molar-refractivity contribution is 7.71. The van der Waals surface area contributed by atoms with Crippen molar-refractivity contribution in [2.75, 3.05) is 0 Å². The lowest BCUT2D eigenvalue weighted by Crippen LogP contribution is -2.25. The third-order valence-corrected chi connectivity index (χ3v) is 3.13. The fourth-order valence-corrected chi connectivity index (χ4v) is 2.24. The second kappa shape index (κ2) is 4.06. The largest absolute Gasteiger partial charge is 0.480 e. The Morgan fingerprint density at radius 1 is 1.42 bits per heavy atom. The van der Waals surface area contributed by atoms with Crippen molar-refractivity contribution in [1.29, 1.82) is 0 Å². The van der Waals surface area contributed by atoms with E-state index in [9.17, 15) is 9.59 Å². The number of nitrogens with zero attached hydrogens (tertiary/aromatic N) is 1. The van der Waals surface area contributed by atoms with E-state index >= 15 is 0 Å². The molecule has 2 aromatic heterocycles. The van der Waals surface area contributed by atoms with Gasteiger partial charge in [-0.1, -0.05) is 12.1 Å². The molecule has 2 N–H and O–H groups in total. The van der Waals surface area contributed by atoms with Crippen molar-refractivity contribution in [2.24, 2.45) is 0 Å². The van der Waals surface area contributed by atoms with Crippen molar-refractivity contribution >= 4 is 40.3 Å². The second-order valence-electron chi connectivity index (χ2n) is 4.02. The van der Waals surface area contributed by atoms with E-state index in [2.05, 4.69) is 4.98 Å². The molecule has 1 aromatic carbocycles. The molecule has 96 valence electrons. The van der Waals surface area contributed by atoms with Crippen molar-refractivity contribution < 1.29 is 14.3 Å². The Hall–Kier alpha value is -2.41. The van der Waals surface area contributed by atoms with Crippen LogP contribution in [0.1, 0.15) is 0 Å². The number of carboxylic acids is 1. The Bertz CT molecular complexity index is 919. The molecule has 7 heteroatoms. The van der Waals surface area contributed by atoms with Crippen LogP contribution in [-0.4, -0.2) is 20.6 Å². The van der Waals surface area contributed by atoms with Gasteiger partial charge >= 0.3 is 5.97 Å². The molecule has 0 bridgehead atoms. The molecular formula is C12H8N2O4S. The molecule has 3 rings (SSSR count). The highest BCUT2D eigenvalue weighted by atomic mass is 32.1. The van der Waals surface area contributed by atoms with E-state index in [0.717, 1.165) is 9.95 Å². The van der Waals surface area contributed by atoms with Crippen LogP contribution in [0.4, 0.5) is 0 Å². The van der Waals surface area contributed by atoms with Crippen LogP contribution in [0.25, 0.3) is 22.1 Å². The standard InChI is InChI=1S/C12H8N2O4S/c15-8(16)5-14-11(17)10-9(13-12(14)19)6-3-1-2-4-7(6)18-10/h1-4H,5H2,(H,13,19)(H,15,16). The molecule has 0 radical (unpaired) electrons. The molecule has 0 spiro atoms. The molecular weight excluding hydrogens is 268 g/mol. The number of aliphatic carboxylic acids is 1. The number of para-hydroxylation sites is 1. The number of nitrogens with one attached hydrogen (secondary N) is 1. The summed E-state index contributed by atoms with van der Waals surface area (Å²) in [5, 5.41) is 9.52. The van der Waals surface area contributed by atoms with Gasteiger partial charge in [-0.2, -0.15) is 0 Å². The Labute approximate surface area is 110 Å². The number of benzene rings is 1. The molecule has 6 nitrogen and oxygen atoms in total. The summed E-state index contributed by atoms with van der Waals surface area (Å²) >= 11 is 5.02. The molecule has 0 fully saturated rings. The minimum absolute atomic E-state index is 0.0615. The summed E-state index contributed by atoms with van der Waals surface area (Å²) in [7, 11) is 0. The summed E-state index contributed by atoms with van der Waals surface area (Å²) in [4.78, 5) is 25.8. The fraction of sp³-hybridized carbons (Fsp3) is 0.0833. The van der Waals surface area contributed by atoms with Gasteiger partial charge < -0.3 is 14.5 Å². The third-order valence-electron chi connectivity index (χ3n) is 2.81. The minimum Gasteiger partial charge on any atom is -0.480 e. The topological polar surface area (TPSA) is 88.2 Å². The number of carboxylic acid groups (broad SMARTS) is 1. The lowest BCUT2D eigenvalue weighted by Gasteiger charge is -2.01. The van der Waals surface area contributed by atoms with Crippen LogP contribution < -0.4 is 5.56 Å². The molecule has 3 aromatic rings. The Morgan fingerprint density at radius 2 is 2.16 bits per heavy atom. The smallest absolute Gasteiger partial charge is 0.323 e. The molecule has 0 amide bonds. The average molecular weight is 276 g/mol. The number of rotatable bonds is 2. The normalized spacial score (nSPS) is 11.2. The number of hydrogen-bond donors (Lipinski definition) is 2. The SMILES string of the molecule is O=C(O)Cn1c(=S)[nH]c2c(oc3ccccc32)c1=O. The van der Waals surface area contributed by atoms with Gasteiger partial charge in [0, 0.05) is 5.39 Å². The van der Waals surface area contributed by atoms with Crippen LogP contribution in [0.5, 0.6) is 0 Å². The van der Waals surface area contributed by atoms with Gasteiger partial charge in [0.15, 0.2) is 4.77 Å². The van der Waals surface area contributed by atoms with Gasteiger partial charge in [0.1, 0.15) is 17.6 Å². The van der Waals surface area contributed by atoms with Gasteiger partial charge in [-0.15, -0.1) is 0 Å². The number of furan rings is 1. The van der Waals surface area contributed by atoms with Gasteiger partial charge in [0.2, 0.25) is 5.58 Å².